The lowest BCUT2D eigenvalue weighted by Gasteiger charge is -2.35. The fraction of sp³-hybridized carbons (Fsp3) is 0.846. The third kappa shape index (κ3) is 5.92. The highest BCUT2D eigenvalue weighted by atomic mass is 16.4. The minimum Gasteiger partial charge on any atom is -0.481 e. The largest absolute Gasteiger partial charge is 0.481 e. The first-order chi connectivity index (χ1) is 8.88. The minimum atomic E-state index is -0.835. The lowest BCUT2D eigenvalue weighted by Crippen LogP contribution is -2.51. The van der Waals surface area contributed by atoms with Gasteiger partial charge in [-0.15, -0.1) is 0 Å². The number of nitrogens with one attached hydrogen (secondary N) is 2. The zero-order chi connectivity index (χ0) is 14.4. The van der Waals surface area contributed by atoms with Crippen LogP contribution < -0.4 is 10.6 Å². The van der Waals surface area contributed by atoms with E-state index in [0.717, 1.165) is 19.4 Å². The molecule has 0 aliphatic carbocycles. The summed E-state index contributed by atoms with van der Waals surface area (Å²) in [6.45, 7) is 4.96. The van der Waals surface area contributed by atoms with Crippen molar-refractivity contribution in [1.29, 1.82) is 0 Å². The van der Waals surface area contributed by atoms with E-state index in [1.165, 1.54) is 0 Å². The Morgan fingerprint density at radius 1 is 1.47 bits per heavy atom. The molecular formula is C13H25N3O3. The molecule has 1 heterocycles. The van der Waals surface area contributed by atoms with E-state index in [9.17, 15) is 9.59 Å². The van der Waals surface area contributed by atoms with Gasteiger partial charge in [-0.05, 0) is 40.2 Å². The van der Waals surface area contributed by atoms with Crippen LogP contribution in [0.15, 0.2) is 0 Å². The molecule has 6 nitrogen and oxygen atoms in total. The molecule has 3 unspecified atom stereocenters. The van der Waals surface area contributed by atoms with Gasteiger partial charge < -0.3 is 20.6 Å². The van der Waals surface area contributed by atoms with Crippen LogP contribution in [0.25, 0.3) is 0 Å². The van der Waals surface area contributed by atoms with Gasteiger partial charge in [-0.1, -0.05) is 0 Å². The van der Waals surface area contributed by atoms with E-state index in [0.29, 0.717) is 12.5 Å². The number of urea groups is 1. The summed E-state index contributed by atoms with van der Waals surface area (Å²) in [6.07, 6.45) is 2.43. The molecule has 0 saturated carbocycles. The SMILES string of the molecule is CC(CCC(=O)O)NC(=O)NC1CCN(C)C(C)C1. The molecule has 110 valence electrons. The fourth-order valence-corrected chi connectivity index (χ4v) is 2.28. The number of hydrogen-bond donors (Lipinski definition) is 3. The number of carboxylic acids is 1. The van der Waals surface area contributed by atoms with Crippen molar-refractivity contribution < 1.29 is 14.7 Å². The Bertz CT molecular complexity index is 322. The van der Waals surface area contributed by atoms with Gasteiger partial charge in [0, 0.05) is 31.1 Å². The van der Waals surface area contributed by atoms with Gasteiger partial charge in [0.25, 0.3) is 0 Å². The minimum absolute atomic E-state index is 0.0761. The third-order valence-electron chi connectivity index (χ3n) is 3.71. The Labute approximate surface area is 114 Å². The van der Waals surface area contributed by atoms with E-state index in [-0.39, 0.29) is 24.5 Å². The highest BCUT2D eigenvalue weighted by Gasteiger charge is 2.24. The number of likely N-dealkylation sites (tertiary alicyclic amines) is 1. The van der Waals surface area contributed by atoms with E-state index in [1.807, 2.05) is 6.92 Å². The molecule has 0 aromatic heterocycles. The van der Waals surface area contributed by atoms with Crippen LogP contribution in [-0.2, 0) is 4.79 Å². The maximum Gasteiger partial charge on any atom is 0.315 e. The highest BCUT2D eigenvalue weighted by molar-refractivity contribution is 5.74. The van der Waals surface area contributed by atoms with Crippen LogP contribution in [0.5, 0.6) is 0 Å². The van der Waals surface area contributed by atoms with Crippen LogP contribution in [-0.4, -0.2) is 53.7 Å². The molecule has 1 saturated heterocycles. The molecular weight excluding hydrogens is 246 g/mol. The summed E-state index contributed by atoms with van der Waals surface area (Å²) in [7, 11) is 2.09. The van der Waals surface area contributed by atoms with Gasteiger partial charge in [0.2, 0.25) is 0 Å². The third-order valence-corrected chi connectivity index (χ3v) is 3.71. The number of carboxylic acid groups (broad SMARTS) is 1. The van der Waals surface area contributed by atoms with Gasteiger partial charge in [0.1, 0.15) is 0 Å². The number of carbonyl (C=O) groups is 2. The summed E-state index contributed by atoms with van der Waals surface area (Å²) in [5.41, 5.74) is 0. The van der Waals surface area contributed by atoms with E-state index in [1.54, 1.807) is 0 Å². The predicted molar refractivity (Wildman–Crippen MR) is 73.1 cm³/mol. The van der Waals surface area contributed by atoms with Crippen molar-refractivity contribution >= 4 is 12.0 Å². The molecule has 1 fully saturated rings. The topological polar surface area (TPSA) is 81.7 Å². The molecule has 0 aromatic carbocycles. The van der Waals surface area contributed by atoms with Crippen LogP contribution in [0.1, 0.15) is 39.5 Å². The molecule has 6 heteroatoms. The van der Waals surface area contributed by atoms with Gasteiger partial charge in [-0.2, -0.15) is 0 Å². The molecule has 1 aliphatic heterocycles. The summed E-state index contributed by atoms with van der Waals surface area (Å²) < 4.78 is 0. The second kappa shape index (κ2) is 7.33. The average Bonchev–Trinajstić information content (AvgIpc) is 2.31. The predicted octanol–water partition coefficient (Wildman–Crippen LogP) is 1.02. The van der Waals surface area contributed by atoms with E-state index in [4.69, 9.17) is 5.11 Å². The molecule has 19 heavy (non-hydrogen) atoms. The first-order valence-corrected chi connectivity index (χ1v) is 6.87. The fourth-order valence-electron chi connectivity index (χ4n) is 2.28. The second-order valence-electron chi connectivity index (χ2n) is 5.50. The normalized spacial score (nSPS) is 25.6. The molecule has 0 bridgehead atoms. The van der Waals surface area contributed by atoms with Crippen molar-refractivity contribution in [3.63, 3.8) is 0 Å². The van der Waals surface area contributed by atoms with E-state index >= 15 is 0 Å². The Kier molecular flexibility index (Phi) is 6.08. The number of aliphatic carboxylic acids is 1. The van der Waals surface area contributed by atoms with Gasteiger partial charge in [0.05, 0.1) is 0 Å². The Hall–Kier alpha value is -1.30. The average molecular weight is 271 g/mol. The quantitative estimate of drug-likeness (QED) is 0.697. The van der Waals surface area contributed by atoms with Crippen molar-refractivity contribution in [2.75, 3.05) is 13.6 Å². The zero-order valence-electron chi connectivity index (χ0n) is 12.0. The van der Waals surface area contributed by atoms with Gasteiger partial charge in [-0.25, -0.2) is 4.79 Å². The molecule has 0 aromatic rings. The van der Waals surface area contributed by atoms with Crippen molar-refractivity contribution in [2.24, 2.45) is 0 Å². The molecule has 3 atom stereocenters. The molecule has 0 radical (unpaired) electrons. The zero-order valence-corrected chi connectivity index (χ0v) is 12.0. The van der Waals surface area contributed by atoms with Gasteiger partial charge in [0.15, 0.2) is 0 Å². The molecule has 1 rings (SSSR count). The number of rotatable bonds is 5. The van der Waals surface area contributed by atoms with Crippen molar-refractivity contribution in [2.45, 2.75) is 57.7 Å². The lowest BCUT2D eigenvalue weighted by atomic mass is 9.99. The van der Waals surface area contributed by atoms with Gasteiger partial charge >= 0.3 is 12.0 Å². The molecule has 2 amide bonds. The Morgan fingerprint density at radius 2 is 2.16 bits per heavy atom. The van der Waals surface area contributed by atoms with Crippen molar-refractivity contribution in [3.05, 3.63) is 0 Å². The van der Waals surface area contributed by atoms with E-state index in [2.05, 4.69) is 29.5 Å². The first-order valence-electron chi connectivity index (χ1n) is 6.87. The first kappa shape index (κ1) is 15.8. The molecule has 0 spiro atoms. The van der Waals surface area contributed by atoms with Crippen LogP contribution >= 0.6 is 0 Å². The van der Waals surface area contributed by atoms with Crippen LogP contribution in [0.4, 0.5) is 4.79 Å². The van der Waals surface area contributed by atoms with Crippen LogP contribution in [0.3, 0.4) is 0 Å². The van der Waals surface area contributed by atoms with Crippen molar-refractivity contribution in [1.82, 2.24) is 15.5 Å². The standard InChI is InChI=1S/C13H25N3O3/c1-9(4-5-12(17)18)14-13(19)15-11-6-7-16(3)10(2)8-11/h9-11H,4-8H2,1-3H3,(H,17,18)(H2,14,15,19). The van der Waals surface area contributed by atoms with Crippen LogP contribution in [0, 0.1) is 0 Å². The summed E-state index contributed by atoms with van der Waals surface area (Å²) in [4.78, 5) is 24.5. The maximum absolute atomic E-state index is 11.8. The summed E-state index contributed by atoms with van der Waals surface area (Å²) in [5, 5.41) is 14.3. The van der Waals surface area contributed by atoms with Gasteiger partial charge in [-0.3, -0.25) is 4.79 Å². The highest BCUT2D eigenvalue weighted by Crippen LogP contribution is 2.15. The van der Waals surface area contributed by atoms with Crippen molar-refractivity contribution in [3.8, 4) is 0 Å². The number of carbonyl (C=O) groups excluding carboxylic acids is 1. The molecule has 1 aliphatic rings. The number of nitrogens with zero attached hydrogens (tertiary/aromatic N) is 1. The summed E-state index contributed by atoms with van der Waals surface area (Å²) >= 11 is 0. The van der Waals surface area contributed by atoms with E-state index < -0.39 is 5.97 Å². The number of piperidine rings is 1. The number of amides is 2. The lowest BCUT2D eigenvalue weighted by molar-refractivity contribution is -0.137. The monoisotopic (exact) mass is 271 g/mol. The Balaban J connectivity index is 2.25. The smallest absolute Gasteiger partial charge is 0.315 e. The number of hydrogen-bond acceptors (Lipinski definition) is 3. The molecule has 3 N–H and O–H groups in total. The summed E-state index contributed by atoms with van der Waals surface area (Å²) in [6, 6.07) is 0.362. The maximum atomic E-state index is 11.8. The van der Waals surface area contributed by atoms with Crippen LogP contribution in [0.2, 0.25) is 0 Å². The second-order valence-corrected chi connectivity index (χ2v) is 5.50. The summed E-state index contributed by atoms with van der Waals surface area (Å²) in [5.74, 6) is -0.835. The Morgan fingerprint density at radius 3 is 2.74 bits per heavy atom.